The van der Waals surface area contributed by atoms with Gasteiger partial charge in [0.05, 0.1) is 0 Å². The van der Waals surface area contributed by atoms with Crippen molar-refractivity contribution in [2.45, 2.75) is 38.5 Å². The highest BCUT2D eigenvalue weighted by molar-refractivity contribution is 7.98. The number of hydrogen-bond acceptors (Lipinski definition) is 5. The van der Waals surface area contributed by atoms with Crippen LogP contribution in [0.3, 0.4) is 0 Å². The van der Waals surface area contributed by atoms with Gasteiger partial charge in [0, 0.05) is 53.6 Å². The molecule has 2 amide bonds. The Balaban J connectivity index is 1.51. The molecule has 178 valence electrons. The van der Waals surface area contributed by atoms with Crippen molar-refractivity contribution in [2.24, 2.45) is 0 Å². The third-order valence-corrected chi connectivity index (χ3v) is 6.92. The Labute approximate surface area is 206 Å². The van der Waals surface area contributed by atoms with Gasteiger partial charge >= 0.3 is 6.03 Å². The fourth-order valence-corrected chi connectivity index (χ4v) is 4.80. The molecular formula is C27H33N5OS. The zero-order chi connectivity index (χ0) is 24.2. The van der Waals surface area contributed by atoms with Crippen LogP contribution in [0.4, 0.5) is 16.3 Å². The number of nitrogens with zero attached hydrogens (tertiary/aromatic N) is 4. The lowest BCUT2D eigenvalue weighted by Gasteiger charge is -2.37. The first kappa shape index (κ1) is 24.1. The molecule has 34 heavy (non-hydrogen) atoms. The highest BCUT2D eigenvalue weighted by atomic mass is 32.2. The monoisotopic (exact) mass is 475 g/mol. The van der Waals surface area contributed by atoms with Crippen molar-refractivity contribution in [3.8, 4) is 11.4 Å². The van der Waals surface area contributed by atoms with Crippen LogP contribution in [0.25, 0.3) is 11.4 Å². The van der Waals surface area contributed by atoms with E-state index in [1.807, 2.05) is 41.5 Å². The quantitative estimate of drug-likeness (QED) is 0.461. The Morgan fingerprint density at radius 2 is 1.71 bits per heavy atom. The Morgan fingerprint density at radius 3 is 2.32 bits per heavy atom. The zero-order valence-electron chi connectivity index (χ0n) is 20.6. The molecule has 0 spiro atoms. The van der Waals surface area contributed by atoms with Crippen LogP contribution in [-0.4, -0.2) is 53.3 Å². The summed E-state index contributed by atoms with van der Waals surface area (Å²) in [6, 6.07) is 16.2. The van der Waals surface area contributed by atoms with E-state index in [1.54, 1.807) is 11.8 Å². The number of piperazine rings is 1. The molecule has 7 heteroatoms. The van der Waals surface area contributed by atoms with Crippen LogP contribution in [0, 0.1) is 13.8 Å². The predicted octanol–water partition coefficient (Wildman–Crippen LogP) is 5.96. The van der Waals surface area contributed by atoms with E-state index < -0.39 is 0 Å². The van der Waals surface area contributed by atoms with Gasteiger partial charge in [0.2, 0.25) is 0 Å². The van der Waals surface area contributed by atoms with Gasteiger partial charge in [-0.2, -0.15) is 0 Å². The number of aromatic nitrogens is 2. The number of urea groups is 1. The minimum atomic E-state index is -0.0556. The maximum absolute atomic E-state index is 12.8. The van der Waals surface area contributed by atoms with E-state index >= 15 is 0 Å². The lowest BCUT2D eigenvalue weighted by molar-refractivity contribution is 0.208. The van der Waals surface area contributed by atoms with E-state index in [-0.39, 0.29) is 6.03 Å². The zero-order valence-corrected chi connectivity index (χ0v) is 21.4. The maximum atomic E-state index is 12.8. The standard InChI is InChI=1S/C27H33N5OS/c1-18(2)24-20(4)28-25(21-8-6-7-19(3)17-21)30-26(24)31-13-15-32(16-14-31)27(33)29-22-9-11-23(34-5)12-10-22/h6-12,17-18H,13-16H2,1-5H3,(H,29,33). The number of nitrogens with one attached hydrogen (secondary N) is 1. The van der Waals surface area contributed by atoms with E-state index in [2.05, 4.69) is 56.1 Å². The average Bonchev–Trinajstić information content (AvgIpc) is 2.84. The summed E-state index contributed by atoms with van der Waals surface area (Å²) in [5.74, 6) is 2.06. The lowest BCUT2D eigenvalue weighted by Crippen LogP contribution is -2.50. The van der Waals surface area contributed by atoms with Gasteiger partial charge < -0.3 is 15.1 Å². The SMILES string of the molecule is CSc1ccc(NC(=O)N2CCN(c3nc(-c4cccc(C)c4)nc(C)c3C(C)C)CC2)cc1. The van der Waals surface area contributed by atoms with Crippen LogP contribution in [0.5, 0.6) is 0 Å². The molecule has 1 aliphatic rings. The molecule has 1 saturated heterocycles. The molecule has 2 heterocycles. The number of benzene rings is 2. The van der Waals surface area contributed by atoms with Gasteiger partial charge in [-0.25, -0.2) is 14.8 Å². The largest absolute Gasteiger partial charge is 0.353 e. The summed E-state index contributed by atoms with van der Waals surface area (Å²) < 4.78 is 0. The van der Waals surface area contributed by atoms with Crippen molar-refractivity contribution in [3.05, 3.63) is 65.4 Å². The molecule has 1 aliphatic heterocycles. The molecule has 1 aromatic heterocycles. The van der Waals surface area contributed by atoms with Gasteiger partial charge in [0.25, 0.3) is 0 Å². The Hall–Kier alpha value is -3.06. The summed E-state index contributed by atoms with van der Waals surface area (Å²) in [5.41, 5.74) is 5.25. The van der Waals surface area contributed by atoms with Crippen molar-refractivity contribution >= 4 is 29.3 Å². The van der Waals surface area contributed by atoms with E-state index in [4.69, 9.17) is 9.97 Å². The van der Waals surface area contributed by atoms with Crippen LogP contribution in [0.15, 0.2) is 53.4 Å². The highest BCUT2D eigenvalue weighted by Gasteiger charge is 2.26. The summed E-state index contributed by atoms with van der Waals surface area (Å²) >= 11 is 1.69. The second kappa shape index (κ2) is 10.5. The number of carbonyl (C=O) groups is 1. The first-order valence-corrected chi connectivity index (χ1v) is 13.0. The van der Waals surface area contributed by atoms with Crippen molar-refractivity contribution < 1.29 is 4.79 Å². The number of aryl methyl sites for hydroxylation is 2. The van der Waals surface area contributed by atoms with E-state index in [0.29, 0.717) is 19.0 Å². The maximum Gasteiger partial charge on any atom is 0.321 e. The average molecular weight is 476 g/mol. The van der Waals surface area contributed by atoms with Crippen LogP contribution in [0.2, 0.25) is 0 Å². The minimum absolute atomic E-state index is 0.0556. The third-order valence-electron chi connectivity index (χ3n) is 6.18. The first-order chi connectivity index (χ1) is 16.4. The molecule has 2 aromatic carbocycles. The van der Waals surface area contributed by atoms with Crippen LogP contribution in [-0.2, 0) is 0 Å². The molecular weight excluding hydrogens is 442 g/mol. The number of rotatable bonds is 5. The molecule has 0 unspecified atom stereocenters. The molecule has 0 bridgehead atoms. The van der Waals surface area contributed by atoms with Crippen LogP contribution < -0.4 is 10.2 Å². The number of amides is 2. The van der Waals surface area contributed by atoms with Crippen molar-refractivity contribution in [2.75, 3.05) is 42.7 Å². The third kappa shape index (κ3) is 5.36. The number of thioether (sulfide) groups is 1. The van der Waals surface area contributed by atoms with E-state index in [9.17, 15) is 4.79 Å². The highest BCUT2D eigenvalue weighted by Crippen LogP contribution is 2.31. The fraction of sp³-hybridized carbons (Fsp3) is 0.370. The van der Waals surface area contributed by atoms with E-state index in [0.717, 1.165) is 41.7 Å². The Bertz CT molecular complexity index is 1150. The van der Waals surface area contributed by atoms with Crippen molar-refractivity contribution in [3.63, 3.8) is 0 Å². The number of hydrogen-bond donors (Lipinski definition) is 1. The van der Waals surface area contributed by atoms with Gasteiger partial charge in [0.1, 0.15) is 5.82 Å². The van der Waals surface area contributed by atoms with Gasteiger partial charge in [-0.15, -0.1) is 11.8 Å². The molecule has 0 radical (unpaired) electrons. The molecule has 0 atom stereocenters. The first-order valence-electron chi connectivity index (χ1n) is 11.8. The van der Waals surface area contributed by atoms with Crippen LogP contribution >= 0.6 is 11.8 Å². The van der Waals surface area contributed by atoms with E-state index in [1.165, 1.54) is 16.0 Å². The van der Waals surface area contributed by atoms with Gasteiger partial charge in [-0.1, -0.05) is 37.6 Å². The second-order valence-electron chi connectivity index (χ2n) is 9.03. The smallest absolute Gasteiger partial charge is 0.321 e. The minimum Gasteiger partial charge on any atom is -0.353 e. The molecule has 4 rings (SSSR count). The summed E-state index contributed by atoms with van der Waals surface area (Å²) in [6.45, 7) is 11.3. The molecule has 3 aromatic rings. The number of carbonyl (C=O) groups excluding carboxylic acids is 1. The predicted molar refractivity (Wildman–Crippen MR) is 142 cm³/mol. The Morgan fingerprint density at radius 1 is 1.00 bits per heavy atom. The molecule has 6 nitrogen and oxygen atoms in total. The Kier molecular flexibility index (Phi) is 7.41. The molecule has 0 saturated carbocycles. The summed E-state index contributed by atoms with van der Waals surface area (Å²) in [7, 11) is 0. The summed E-state index contributed by atoms with van der Waals surface area (Å²) in [6.07, 6.45) is 2.04. The topological polar surface area (TPSA) is 61.4 Å². The number of anilines is 2. The summed E-state index contributed by atoms with van der Waals surface area (Å²) in [5, 5.41) is 3.03. The normalized spacial score (nSPS) is 13.9. The second-order valence-corrected chi connectivity index (χ2v) is 9.91. The molecule has 1 N–H and O–H groups in total. The van der Waals surface area contributed by atoms with Crippen molar-refractivity contribution in [1.82, 2.24) is 14.9 Å². The van der Waals surface area contributed by atoms with Gasteiger partial charge in [0.15, 0.2) is 5.82 Å². The summed E-state index contributed by atoms with van der Waals surface area (Å²) in [4.78, 5) is 28.1. The molecule has 1 fully saturated rings. The van der Waals surface area contributed by atoms with Crippen LogP contribution in [0.1, 0.15) is 36.6 Å². The fourth-order valence-electron chi connectivity index (χ4n) is 4.39. The van der Waals surface area contributed by atoms with Gasteiger partial charge in [-0.05, 0) is 56.4 Å². The van der Waals surface area contributed by atoms with Crippen molar-refractivity contribution in [1.29, 1.82) is 0 Å². The lowest BCUT2D eigenvalue weighted by atomic mass is 10.0. The molecule has 0 aliphatic carbocycles. The van der Waals surface area contributed by atoms with Gasteiger partial charge in [-0.3, -0.25) is 0 Å².